The fourth-order valence-electron chi connectivity index (χ4n) is 6.07. The Morgan fingerprint density at radius 1 is 1.06 bits per heavy atom. The lowest BCUT2D eigenvalue weighted by atomic mass is 9.70. The normalized spacial score (nSPS) is 34.0. The molecule has 2 aliphatic carbocycles. The van der Waals surface area contributed by atoms with Gasteiger partial charge in [0.25, 0.3) is 0 Å². The molecule has 2 fully saturated rings. The summed E-state index contributed by atoms with van der Waals surface area (Å²) in [4.78, 5) is 1.15. The largest absolute Gasteiger partial charge is 0.479 e. The molecular formula is C27H32O3S2. The highest BCUT2D eigenvalue weighted by Gasteiger charge is 2.64. The lowest BCUT2D eigenvalue weighted by Gasteiger charge is -2.41. The molecule has 1 heterocycles. The third kappa shape index (κ3) is 3.86. The Morgan fingerprint density at radius 2 is 1.75 bits per heavy atom. The van der Waals surface area contributed by atoms with Crippen LogP contribution in [0.5, 0.6) is 0 Å². The molecule has 32 heavy (non-hydrogen) atoms. The van der Waals surface area contributed by atoms with Crippen molar-refractivity contribution < 1.29 is 14.1 Å². The Bertz CT molecular complexity index is 1000. The number of thioether (sulfide) groups is 1. The topological polar surface area (TPSA) is 46.5 Å². The maximum atomic E-state index is 13.8. The molecule has 1 N–H and O–H groups in total. The summed E-state index contributed by atoms with van der Waals surface area (Å²) in [6.07, 6.45) is 5.43. The van der Waals surface area contributed by atoms with E-state index in [9.17, 15) is 9.32 Å². The van der Waals surface area contributed by atoms with Gasteiger partial charge in [0.05, 0.1) is 11.4 Å². The summed E-state index contributed by atoms with van der Waals surface area (Å²) in [6.45, 7) is 4.56. The number of aliphatic hydroxyl groups is 1. The van der Waals surface area contributed by atoms with Gasteiger partial charge < -0.3 is 9.84 Å². The number of benzene rings is 2. The van der Waals surface area contributed by atoms with E-state index in [4.69, 9.17) is 4.74 Å². The number of fused-ring (bicyclic) bond motifs is 2. The van der Waals surface area contributed by atoms with E-state index in [1.807, 2.05) is 48.5 Å². The van der Waals surface area contributed by atoms with Crippen molar-refractivity contribution in [1.29, 1.82) is 0 Å². The molecule has 3 nitrogen and oxygen atoms in total. The van der Waals surface area contributed by atoms with Crippen LogP contribution in [-0.2, 0) is 15.5 Å². The first kappa shape index (κ1) is 22.2. The van der Waals surface area contributed by atoms with Crippen LogP contribution in [0.25, 0.3) is 5.76 Å². The zero-order chi connectivity index (χ0) is 22.3. The van der Waals surface area contributed by atoms with Crippen LogP contribution in [0, 0.1) is 16.7 Å². The lowest BCUT2D eigenvalue weighted by Crippen LogP contribution is -2.45. The van der Waals surface area contributed by atoms with E-state index >= 15 is 0 Å². The van der Waals surface area contributed by atoms with Gasteiger partial charge in [-0.1, -0.05) is 74.1 Å². The number of ether oxygens (including phenoxy) is 1. The molecule has 2 bridgehead atoms. The van der Waals surface area contributed by atoms with Crippen molar-refractivity contribution in [3.05, 3.63) is 72.3 Å². The van der Waals surface area contributed by atoms with Gasteiger partial charge in [-0.05, 0) is 48.8 Å². The number of hydrogen-bond donors (Lipinski definition) is 1. The van der Waals surface area contributed by atoms with E-state index in [-0.39, 0.29) is 27.6 Å². The summed E-state index contributed by atoms with van der Waals surface area (Å²) in [5.41, 5.74) is 0.733. The number of rotatable bonds is 6. The van der Waals surface area contributed by atoms with E-state index in [1.54, 1.807) is 11.8 Å². The smallest absolute Gasteiger partial charge is 0.150 e. The van der Waals surface area contributed by atoms with Crippen LogP contribution >= 0.6 is 11.8 Å². The Hall–Kier alpha value is -1.56. The van der Waals surface area contributed by atoms with E-state index in [2.05, 4.69) is 32.1 Å². The van der Waals surface area contributed by atoms with Crippen LogP contribution in [-0.4, -0.2) is 31.9 Å². The van der Waals surface area contributed by atoms with Gasteiger partial charge in [0, 0.05) is 38.8 Å². The van der Waals surface area contributed by atoms with Gasteiger partial charge in [0.15, 0.2) is 0 Å². The monoisotopic (exact) mass is 468 g/mol. The van der Waals surface area contributed by atoms with Gasteiger partial charge in [-0.15, -0.1) is 0 Å². The molecule has 170 valence electrons. The molecular weight excluding hydrogens is 436 g/mol. The number of hydrogen-bond acceptors (Lipinski definition) is 4. The molecule has 2 aromatic carbocycles. The molecule has 0 aromatic heterocycles. The summed E-state index contributed by atoms with van der Waals surface area (Å²) in [5.74, 6) is 1.93. The second-order valence-corrected chi connectivity index (χ2v) is 12.9. The summed E-state index contributed by atoms with van der Waals surface area (Å²) in [7, 11) is -1.08. The standard InChI is InChI=1S/C27H32O3S2/c1-26(2)20-13-14-27(26,24(28)15-20)18-32(29)22-16-23(19-9-5-3-6-10-19)30-25(17-22)31-21-11-7-4-8-12-21/h3-12,16,20,22,24-25,28H,13-15,17-18H2,1-2H3/t20-,22-,24-,25-,27-,32?/m1/s1. The summed E-state index contributed by atoms with van der Waals surface area (Å²) < 4.78 is 20.2. The molecule has 2 saturated carbocycles. The zero-order valence-electron chi connectivity index (χ0n) is 18.8. The van der Waals surface area contributed by atoms with Crippen molar-refractivity contribution in [1.82, 2.24) is 0 Å². The minimum atomic E-state index is -1.08. The van der Waals surface area contributed by atoms with Crippen LogP contribution in [0.3, 0.4) is 0 Å². The van der Waals surface area contributed by atoms with Crippen LogP contribution in [0.1, 0.15) is 45.1 Å². The summed E-state index contributed by atoms with van der Waals surface area (Å²) in [6, 6.07) is 20.4. The minimum absolute atomic E-state index is 0.0391. The second kappa shape index (κ2) is 8.66. The predicted octanol–water partition coefficient (Wildman–Crippen LogP) is 5.87. The molecule has 3 aliphatic rings. The SMILES string of the molecule is CC1(C)[C@@H]2CC[C@@]1(CS(=O)[C@@H]1C=C(c3ccccc3)O[C@H](Sc3ccccc3)C1)[C@H](O)C2. The highest BCUT2D eigenvalue weighted by molar-refractivity contribution is 7.99. The van der Waals surface area contributed by atoms with Crippen molar-refractivity contribution in [3.8, 4) is 0 Å². The third-order valence-electron chi connectivity index (χ3n) is 8.22. The van der Waals surface area contributed by atoms with E-state index in [1.165, 1.54) is 0 Å². The van der Waals surface area contributed by atoms with Gasteiger partial charge in [-0.25, -0.2) is 0 Å². The van der Waals surface area contributed by atoms with Crippen LogP contribution in [0.15, 0.2) is 71.6 Å². The minimum Gasteiger partial charge on any atom is -0.479 e. The van der Waals surface area contributed by atoms with Gasteiger partial charge in [0.2, 0.25) is 0 Å². The van der Waals surface area contributed by atoms with Crippen LogP contribution in [0.2, 0.25) is 0 Å². The fraction of sp³-hybridized carbons (Fsp3) is 0.481. The molecule has 5 rings (SSSR count). The average Bonchev–Trinajstić information content (AvgIpc) is 3.15. The van der Waals surface area contributed by atoms with Gasteiger partial charge >= 0.3 is 0 Å². The average molecular weight is 469 g/mol. The second-order valence-electron chi connectivity index (χ2n) is 10.0. The van der Waals surface area contributed by atoms with Crippen molar-refractivity contribution in [3.63, 3.8) is 0 Å². The Morgan fingerprint density at radius 3 is 2.38 bits per heavy atom. The van der Waals surface area contributed by atoms with Gasteiger partial charge in [-0.3, -0.25) is 4.21 Å². The van der Waals surface area contributed by atoms with E-state index < -0.39 is 10.8 Å². The Balaban J connectivity index is 1.41. The van der Waals surface area contributed by atoms with E-state index in [0.29, 0.717) is 18.1 Å². The maximum absolute atomic E-state index is 13.8. The Labute approximate surface area is 198 Å². The highest BCUT2D eigenvalue weighted by atomic mass is 32.2. The van der Waals surface area contributed by atoms with E-state index in [0.717, 1.165) is 35.5 Å². The fourth-order valence-corrected chi connectivity index (χ4v) is 9.36. The quantitative estimate of drug-likeness (QED) is 0.576. The van der Waals surface area contributed by atoms with Crippen molar-refractivity contribution in [2.75, 3.05) is 5.75 Å². The molecule has 5 heteroatoms. The van der Waals surface area contributed by atoms with Crippen LogP contribution < -0.4 is 0 Å². The first-order valence-corrected chi connectivity index (χ1v) is 13.9. The first-order valence-electron chi connectivity index (χ1n) is 11.6. The summed E-state index contributed by atoms with van der Waals surface area (Å²) in [5, 5.41) is 10.9. The molecule has 2 aromatic rings. The van der Waals surface area contributed by atoms with Crippen molar-refractivity contribution in [2.45, 2.75) is 61.2 Å². The lowest BCUT2D eigenvalue weighted by molar-refractivity contribution is 0.0159. The summed E-state index contributed by atoms with van der Waals surface area (Å²) >= 11 is 1.69. The van der Waals surface area contributed by atoms with Gasteiger partial charge in [0.1, 0.15) is 11.2 Å². The predicted molar refractivity (Wildman–Crippen MR) is 133 cm³/mol. The van der Waals surface area contributed by atoms with Crippen LogP contribution in [0.4, 0.5) is 0 Å². The molecule has 1 unspecified atom stereocenters. The third-order valence-corrected chi connectivity index (χ3v) is 11.1. The molecule has 0 radical (unpaired) electrons. The molecule has 0 amide bonds. The van der Waals surface area contributed by atoms with Gasteiger partial charge in [-0.2, -0.15) is 0 Å². The first-order chi connectivity index (χ1) is 15.4. The van der Waals surface area contributed by atoms with Crippen molar-refractivity contribution >= 4 is 28.3 Å². The number of aliphatic hydroxyl groups excluding tert-OH is 1. The maximum Gasteiger partial charge on any atom is 0.150 e. The molecule has 0 spiro atoms. The zero-order valence-corrected chi connectivity index (χ0v) is 20.4. The molecule has 6 atom stereocenters. The van der Waals surface area contributed by atoms with Crippen molar-refractivity contribution in [2.24, 2.45) is 16.7 Å². The molecule has 0 saturated heterocycles. The molecule has 1 aliphatic heterocycles. The Kier molecular flexibility index (Phi) is 6.02. The highest BCUT2D eigenvalue weighted by Crippen LogP contribution is 2.66.